The van der Waals surface area contributed by atoms with Crippen molar-refractivity contribution in [2.45, 2.75) is 25.1 Å². The van der Waals surface area contributed by atoms with Gasteiger partial charge in [0.05, 0.1) is 0 Å². The molecule has 23 heavy (non-hydrogen) atoms. The van der Waals surface area contributed by atoms with Crippen molar-refractivity contribution in [3.05, 3.63) is 41.7 Å². The van der Waals surface area contributed by atoms with Crippen LogP contribution in [0, 0.1) is 13.8 Å². The summed E-state index contributed by atoms with van der Waals surface area (Å²) < 4.78 is 13.7. The summed E-state index contributed by atoms with van der Waals surface area (Å²) in [6.45, 7) is 4.53. The number of benzene rings is 1. The zero-order valence-corrected chi connectivity index (χ0v) is 13.7. The summed E-state index contributed by atoms with van der Waals surface area (Å²) in [6.07, 6.45) is -0.0130. The number of para-hydroxylation sites is 2. The zero-order valence-electron chi connectivity index (χ0n) is 12.9. The van der Waals surface area contributed by atoms with Gasteiger partial charge in [0.1, 0.15) is 12.7 Å². The van der Waals surface area contributed by atoms with E-state index in [1.165, 1.54) is 0 Å². The van der Waals surface area contributed by atoms with Crippen molar-refractivity contribution in [1.82, 2.24) is 19.6 Å². The minimum Gasteiger partial charge on any atom is -0.486 e. The quantitative estimate of drug-likeness (QED) is 0.689. The zero-order chi connectivity index (χ0) is 15.8. The van der Waals surface area contributed by atoms with Crippen LogP contribution in [0.2, 0.25) is 0 Å². The van der Waals surface area contributed by atoms with Crippen LogP contribution in [0.5, 0.6) is 11.5 Å². The Balaban J connectivity index is 1.50. The van der Waals surface area contributed by atoms with Crippen molar-refractivity contribution < 1.29 is 9.47 Å². The van der Waals surface area contributed by atoms with Crippen molar-refractivity contribution in [1.29, 1.82) is 0 Å². The molecule has 1 aliphatic rings. The third-order valence-corrected chi connectivity index (χ3v) is 4.69. The molecule has 0 N–H and O–H groups in total. The fourth-order valence-electron chi connectivity index (χ4n) is 2.61. The van der Waals surface area contributed by atoms with E-state index < -0.39 is 0 Å². The molecule has 2 aromatic heterocycles. The van der Waals surface area contributed by atoms with Gasteiger partial charge in [-0.3, -0.25) is 4.40 Å². The Morgan fingerprint density at radius 3 is 2.91 bits per heavy atom. The highest BCUT2D eigenvalue weighted by atomic mass is 32.2. The number of hydrogen-bond acceptors (Lipinski definition) is 6. The number of aromatic nitrogens is 4. The maximum atomic E-state index is 5.97. The number of nitrogens with zero attached hydrogens (tertiary/aromatic N) is 4. The molecule has 0 saturated heterocycles. The molecule has 0 amide bonds. The maximum absolute atomic E-state index is 5.97. The molecule has 3 aromatic rings. The minimum atomic E-state index is -0.0130. The predicted molar refractivity (Wildman–Crippen MR) is 87.3 cm³/mol. The Morgan fingerprint density at radius 2 is 2.04 bits per heavy atom. The maximum Gasteiger partial charge on any atom is 0.256 e. The number of rotatable bonds is 3. The van der Waals surface area contributed by atoms with Gasteiger partial charge >= 0.3 is 0 Å². The van der Waals surface area contributed by atoms with Crippen molar-refractivity contribution in [2.75, 3.05) is 12.4 Å². The van der Waals surface area contributed by atoms with E-state index in [2.05, 4.69) is 15.2 Å². The summed E-state index contributed by atoms with van der Waals surface area (Å²) in [6, 6.07) is 9.76. The Kier molecular flexibility index (Phi) is 3.57. The molecule has 118 valence electrons. The Labute approximate surface area is 137 Å². The van der Waals surface area contributed by atoms with Gasteiger partial charge in [0.15, 0.2) is 16.7 Å². The van der Waals surface area contributed by atoms with Crippen molar-refractivity contribution >= 4 is 17.5 Å². The van der Waals surface area contributed by atoms with E-state index in [1.807, 2.05) is 48.6 Å². The van der Waals surface area contributed by atoms with E-state index in [0.717, 1.165) is 33.8 Å². The molecule has 0 radical (unpaired) electrons. The van der Waals surface area contributed by atoms with Gasteiger partial charge in [-0.15, -0.1) is 10.2 Å². The van der Waals surface area contributed by atoms with Gasteiger partial charge in [0.25, 0.3) is 5.78 Å². The summed E-state index contributed by atoms with van der Waals surface area (Å²) in [5.41, 5.74) is 2.02. The lowest BCUT2D eigenvalue weighted by molar-refractivity contribution is 0.107. The van der Waals surface area contributed by atoms with Crippen molar-refractivity contribution in [3.63, 3.8) is 0 Å². The van der Waals surface area contributed by atoms with Gasteiger partial charge in [-0.05, 0) is 32.0 Å². The highest BCUT2D eigenvalue weighted by Gasteiger charge is 2.22. The topological polar surface area (TPSA) is 61.5 Å². The van der Waals surface area contributed by atoms with Gasteiger partial charge in [-0.25, -0.2) is 4.98 Å². The lowest BCUT2D eigenvalue weighted by atomic mass is 10.3. The second kappa shape index (κ2) is 5.73. The van der Waals surface area contributed by atoms with Crippen LogP contribution in [0.15, 0.2) is 35.5 Å². The monoisotopic (exact) mass is 328 g/mol. The highest BCUT2D eigenvalue weighted by molar-refractivity contribution is 7.99. The molecule has 4 rings (SSSR count). The van der Waals surface area contributed by atoms with Gasteiger partial charge < -0.3 is 9.47 Å². The molecule has 0 unspecified atom stereocenters. The molecule has 1 atom stereocenters. The molecule has 1 aromatic carbocycles. The van der Waals surface area contributed by atoms with Crippen LogP contribution in [0.3, 0.4) is 0 Å². The second-order valence-corrected chi connectivity index (χ2v) is 6.45. The van der Waals surface area contributed by atoms with E-state index in [1.54, 1.807) is 11.8 Å². The molecular formula is C16H16N4O2S. The van der Waals surface area contributed by atoms with Crippen LogP contribution in [0.1, 0.15) is 11.4 Å². The van der Waals surface area contributed by atoms with Crippen LogP contribution in [-0.2, 0) is 0 Å². The van der Waals surface area contributed by atoms with Gasteiger partial charge in [-0.2, -0.15) is 0 Å². The Morgan fingerprint density at radius 1 is 1.22 bits per heavy atom. The van der Waals surface area contributed by atoms with Crippen LogP contribution in [0.4, 0.5) is 0 Å². The summed E-state index contributed by atoms with van der Waals surface area (Å²) in [7, 11) is 0. The van der Waals surface area contributed by atoms with E-state index >= 15 is 0 Å². The molecule has 1 aliphatic heterocycles. The largest absolute Gasteiger partial charge is 0.486 e. The number of hydrogen-bond donors (Lipinski definition) is 0. The van der Waals surface area contributed by atoms with Crippen molar-refractivity contribution in [3.8, 4) is 11.5 Å². The number of fused-ring (bicyclic) bond motifs is 2. The lowest BCUT2D eigenvalue weighted by Gasteiger charge is -2.25. The molecule has 0 aliphatic carbocycles. The fourth-order valence-corrected chi connectivity index (χ4v) is 3.56. The smallest absolute Gasteiger partial charge is 0.256 e. The number of ether oxygens (including phenoxy) is 2. The Hall–Kier alpha value is -2.28. The normalized spacial score (nSPS) is 16.7. The first kappa shape index (κ1) is 14.3. The molecule has 7 heteroatoms. The van der Waals surface area contributed by atoms with E-state index in [4.69, 9.17) is 9.47 Å². The van der Waals surface area contributed by atoms with Gasteiger partial charge in [0, 0.05) is 17.1 Å². The standard InChI is InChI=1S/C16H16N4O2S/c1-10-7-11(2)20-15(17-10)18-19-16(20)23-9-12-8-21-13-5-3-4-6-14(13)22-12/h3-7,12H,8-9H2,1-2H3/t12-/m0/s1. The molecule has 3 heterocycles. The third kappa shape index (κ3) is 2.72. The fraction of sp³-hybridized carbons (Fsp3) is 0.312. The van der Waals surface area contributed by atoms with Crippen molar-refractivity contribution in [2.24, 2.45) is 0 Å². The van der Waals surface area contributed by atoms with E-state index in [0.29, 0.717) is 12.4 Å². The molecule has 0 bridgehead atoms. The number of thioether (sulfide) groups is 1. The molecular weight excluding hydrogens is 312 g/mol. The Bertz CT molecular complexity index is 864. The van der Waals surface area contributed by atoms with Crippen LogP contribution in [-0.4, -0.2) is 38.0 Å². The number of aryl methyl sites for hydroxylation is 2. The van der Waals surface area contributed by atoms with Gasteiger partial charge in [-0.1, -0.05) is 23.9 Å². The first-order valence-corrected chi connectivity index (χ1v) is 8.40. The predicted octanol–water partition coefficient (Wildman–Crippen LogP) is 2.67. The SMILES string of the molecule is Cc1cc(C)n2c(SC[C@@H]3COc4ccccc4O3)nnc2n1. The second-order valence-electron chi connectivity index (χ2n) is 5.47. The first-order valence-electron chi connectivity index (χ1n) is 7.41. The molecule has 0 spiro atoms. The van der Waals surface area contributed by atoms with Crippen LogP contribution in [0.25, 0.3) is 5.78 Å². The third-order valence-electron chi connectivity index (χ3n) is 3.63. The summed E-state index contributed by atoms with van der Waals surface area (Å²) in [5, 5.41) is 9.22. The van der Waals surface area contributed by atoms with Crippen LogP contribution >= 0.6 is 11.8 Å². The molecule has 6 nitrogen and oxygen atoms in total. The molecule has 0 saturated carbocycles. The van der Waals surface area contributed by atoms with Crippen LogP contribution < -0.4 is 9.47 Å². The lowest BCUT2D eigenvalue weighted by Crippen LogP contribution is -2.31. The summed E-state index contributed by atoms with van der Waals surface area (Å²) >= 11 is 1.60. The summed E-state index contributed by atoms with van der Waals surface area (Å²) in [4.78, 5) is 4.40. The van der Waals surface area contributed by atoms with E-state index in [9.17, 15) is 0 Å². The average molecular weight is 328 g/mol. The average Bonchev–Trinajstić information content (AvgIpc) is 2.96. The highest BCUT2D eigenvalue weighted by Crippen LogP contribution is 2.32. The first-order chi connectivity index (χ1) is 11.2. The van der Waals surface area contributed by atoms with E-state index in [-0.39, 0.29) is 6.10 Å². The minimum absolute atomic E-state index is 0.0130. The summed E-state index contributed by atoms with van der Waals surface area (Å²) in [5.74, 6) is 2.97. The molecule has 0 fully saturated rings. The van der Waals surface area contributed by atoms with Gasteiger partial charge in [0.2, 0.25) is 0 Å².